The molecule has 0 aromatic heterocycles. The minimum atomic E-state index is 0.307. The maximum absolute atomic E-state index is 6.30. The van der Waals surface area contributed by atoms with Crippen LogP contribution >= 0.6 is 0 Å². The van der Waals surface area contributed by atoms with Crippen LogP contribution in [0.4, 0.5) is 0 Å². The lowest BCUT2D eigenvalue weighted by Gasteiger charge is -2.55. The Kier molecular flexibility index (Phi) is 4.94. The zero-order valence-electron chi connectivity index (χ0n) is 13.5. The molecule has 2 rings (SSSR count). The van der Waals surface area contributed by atoms with Crippen LogP contribution in [0.25, 0.3) is 0 Å². The smallest absolute Gasteiger partial charge is 0.0337 e. The summed E-state index contributed by atoms with van der Waals surface area (Å²) in [6.07, 6.45) is 8.17. The second-order valence-corrected chi connectivity index (χ2v) is 7.51. The molecule has 1 heterocycles. The van der Waals surface area contributed by atoms with Crippen molar-refractivity contribution in [2.75, 3.05) is 13.1 Å². The Hall–Kier alpha value is -0.0800. The van der Waals surface area contributed by atoms with Gasteiger partial charge in [-0.3, -0.25) is 4.90 Å². The molecule has 1 aliphatic carbocycles. The first-order valence-corrected chi connectivity index (χ1v) is 8.49. The van der Waals surface area contributed by atoms with Gasteiger partial charge < -0.3 is 5.73 Å². The number of nitrogens with two attached hydrogens (primary N) is 1. The van der Waals surface area contributed by atoms with E-state index in [1.54, 1.807) is 0 Å². The molecule has 0 bridgehead atoms. The molecule has 5 atom stereocenters. The molecule has 2 fully saturated rings. The van der Waals surface area contributed by atoms with Gasteiger partial charge in [0.1, 0.15) is 0 Å². The fraction of sp³-hybridized carbons (Fsp3) is 1.00. The quantitative estimate of drug-likeness (QED) is 0.845. The average Bonchev–Trinajstić information content (AvgIpc) is 2.42. The summed E-state index contributed by atoms with van der Waals surface area (Å²) in [4.78, 5) is 2.81. The molecule has 112 valence electrons. The lowest BCUT2D eigenvalue weighted by Crippen LogP contribution is -2.63. The van der Waals surface area contributed by atoms with E-state index in [1.165, 1.54) is 45.1 Å². The topological polar surface area (TPSA) is 29.3 Å². The normalized spacial score (nSPS) is 45.3. The molecule has 0 radical (unpaired) electrons. The van der Waals surface area contributed by atoms with Crippen molar-refractivity contribution < 1.29 is 0 Å². The van der Waals surface area contributed by atoms with Crippen LogP contribution < -0.4 is 5.73 Å². The van der Waals surface area contributed by atoms with E-state index in [0.29, 0.717) is 11.6 Å². The van der Waals surface area contributed by atoms with E-state index in [2.05, 4.69) is 32.6 Å². The van der Waals surface area contributed by atoms with Crippen LogP contribution in [0.5, 0.6) is 0 Å². The number of nitrogens with zero attached hydrogens (tertiary/aromatic N) is 1. The second kappa shape index (κ2) is 6.13. The third kappa shape index (κ3) is 3.00. The molecule has 5 unspecified atom stereocenters. The van der Waals surface area contributed by atoms with Crippen molar-refractivity contribution in [1.29, 1.82) is 0 Å². The Morgan fingerprint density at radius 1 is 1.26 bits per heavy atom. The van der Waals surface area contributed by atoms with Gasteiger partial charge in [0.15, 0.2) is 0 Å². The summed E-state index contributed by atoms with van der Waals surface area (Å²) in [5.41, 5.74) is 6.60. The minimum Gasteiger partial charge on any atom is -0.329 e. The number of hydrogen-bond acceptors (Lipinski definition) is 2. The predicted octanol–water partition coefficient (Wildman–Crippen LogP) is 3.65. The van der Waals surface area contributed by atoms with Crippen molar-refractivity contribution in [3.05, 3.63) is 0 Å². The van der Waals surface area contributed by atoms with E-state index in [4.69, 9.17) is 5.73 Å². The predicted molar refractivity (Wildman–Crippen MR) is 83.1 cm³/mol. The molecule has 1 saturated carbocycles. The Morgan fingerprint density at radius 2 is 2.00 bits per heavy atom. The van der Waals surface area contributed by atoms with Gasteiger partial charge in [-0.15, -0.1) is 0 Å². The van der Waals surface area contributed by atoms with Crippen LogP contribution in [0.1, 0.15) is 66.2 Å². The lowest BCUT2D eigenvalue weighted by atomic mass is 9.71. The molecule has 0 amide bonds. The van der Waals surface area contributed by atoms with Gasteiger partial charge in [0.05, 0.1) is 0 Å². The zero-order chi connectivity index (χ0) is 14.0. The fourth-order valence-corrected chi connectivity index (χ4v) is 4.71. The number of likely N-dealkylation sites (tertiary alicyclic amines) is 1. The fourth-order valence-electron chi connectivity index (χ4n) is 4.71. The van der Waals surface area contributed by atoms with Crippen LogP contribution in [0.15, 0.2) is 0 Å². The third-order valence-electron chi connectivity index (χ3n) is 6.09. The zero-order valence-corrected chi connectivity index (χ0v) is 13.5. The summed E-state index contributed by atoms with van der Waals surface area (Å²) in [5, 5.41) is 0. The first kappa shape index (κ1) is 15.3. The molecule has 19 heavy (non-hydrogen) atoms. The molecule has 2 N–H and O–H groups in total. The summed E-state index contributed by atoms with van der Waals surface area (Å²) in [5.74, 6) is 2.54. The molecule has 0 aromatic rings. The molecule has 2 aliphatic rings. The number of rotatable bonds is 3. The third-order valence-corrected chi connectivity index (χ3v) is 6.09. The van der Waals surface area contributed by atoms with Gasteiger partial charge >= 0.3 is 0 Å². The van der Waals surface area contributed by atoms with E-state index in [1.807, 2.05) is 0 Å². The average molecular weight is 266 g/mol. The maximum Gasteiger partial charge on any atom is 0.0337 e. The molecular formula is C17H34N2. The van der Waals surface area contributed by atoms with Crippen LogP contribution in [0.3, 0.4) is 0 Å². The Labute approximate surface area is 120 Å². The Bertz CT molecular complexity index is 291. The molecule has 2 nitrogen and oxygen atoms in total. The van der Waals surface area contributed by atoms with Crippen LogP contribution in [0, 0.1) is 17.8 Å². The van der Waals surface area contributed by atoms with Crippen molar-refractivity contribution in [2.45, 2.75) is 77.8 Å². The maximum atomic E-state index is 6.30. The van der Waals surface area contributed by atoms with Gasteiger partial charge in [0, 0.05) is 24.7 Å². The monoisotopic (exact) mass is 266 g/mol. The van der Waals surface area contributed by atoms with E-state index in [9.17, 15) is 0 Å². The molecule has 1 saturated heterocycles. The number of piperidine rings is 1. The van der Waals surface area contributed by atoms with Crippen molar-refractivity contribution in [1.82, 2.24) is 4.90 Å². The first-order chi connectivity index (χ1) is 9.02. The van der Waals surface area contributed by atoms with Gasteiger partial charge in [-0.25, -0.2) is 0 Å². The first-order valence-electron chi connectivity index (χ1n) is 8.49. The van der Waals surface area contributed by atoms with Gasteiger partial charge in [0.2, 0.25) is 0 Å². The van der Waals surface area contributed by atoms with Crippen LogP contribution in [-0.2, 0) is 0 Å². The molecule has 2 heteroatoms. The van der Waals surface area contributed by atoms with E-state index >= 15 is 0 Å². The number of hydrogen-bond donors (Lipinski definition) is 1. The molecule has 1 aliphatic heterocycles. The van der Waals surface area contributed by atoms with E-state index in [-0.39, 0.29) is 0 Å². The summed E-state index contributed by atoms with van der Waals surface area (Å²) < 4.78 is 0. The molecule has 0 spiro atoms. The highest BCUT2D eigenvalue weighted by atomic mass is 15.2. The van der Waals surface area contributed by atoms with E-state index in [0.717, 1.165) is 24.3 Å². The summed E-state index contributed by atoms with van der Waals surface area (Å²) in [6.45, 7) is 11.7. The highest BCUT2D eigenvalue weighted by Crippen LogP contribution is 2.42. The minimum absolute atomic E-state index is 0.307. The van der Waals surface area contributed by atoms with Crippen molar-refractivity contribution in [3.8, 4) is 0 Å². The van der Waals surface area contributed by atoms with E-state index < -0.39 is 0 Å². The summed E-state index contributed by atoms with van der Waals surface area (Å²) in [6, 6.07) is 0.704. The van der Waals surface area contributed by atoms with Gasteiger partial charge in [-0.2, -0.15) is 0 Å². The SMILES string of the molecule is CCC1CCCC(CN)(N2CC(C)CC(C)C2C)C1. The highest BCUT2D eigenvalue weighted by Gasteiger charge is 2.44. The standard InChI is InChI=1S/C17H34N2/c1-5-16-7-6-8-17(10-16,12-18)19-11-13(2)9-14(3)15(19)4/h13-16H,5-12,18H2,1-4H3. The Balaban J connectivity index is 2.19. The van der Waals surface area contributed by atoms with Gasteiger partial charge in [0.25, 0.3) is 0 Å². The summed E-state index contributed by atoms with van der Waals surface area (Å²) in [7, 11) is 0. The van der Waals surface area contributed by atoms with Gasteiger partial charge in [-0.05, 0) is 43.9 Å². The second-order valence-electron chi connectivity index (χ2n) is 7.51. The highest BCUT2D eigenvalue weighted by molar-refractivity contribution is 5.00. The van der Waals surface area contributed by atoms with Crippen LogP contribution in [-0.4, -0.2) is 29.6 Å². The molecular weight excluding hydrogens is 232 g/mol. The van der Waals surface area contributed by atoms with Crippen molar-refractivity contribution >= 4 is 0 Å². The largest absolute Gasteiger partial charge is 0.329 e. The van der Waals surface area contributed by atoms with Gasteiger partial charge in [-0.1, -0.05) is 40.0 Å². The van der Waals surface area contributed by atoms with Crippen molar-refractivity contribution in [2.24, 2.45) is 23.5 Å². The van der Waals surface area contributed by atoms with Crippen molar-refractivity contribution in [3.63, 3.8) is 0 Å². The summed E-state index contributed by atoms with van der Waals surface area (Å²) >= 11 is 0. The lowest BCUT2D eigenvalue weighted by molar-refractivity contribution is -0.0458. The molecule has 0 aromatic carbocycles. The van der Waals surface area contributed by atoms with Crippen LogP contribution in [0.2, 0.25) is 0 Å². The Morgan fingerprint density at radius 3 is 2.63 bits per heavy atom.